The molecule has 0 heterocycles. The Morgan fingerprint density at radius 3 is 2.11 bits per heavy atom. The van der Waals surface area contributed by atoms with Gasteiger partial charge in [0.1, 0.15) is 0 Å². The van der Waals surface area contributed by atoms with Crippen LogP contribution in [0.15, 0.2) is 0 Å². The predicted octanol–water partition coefficient (Wildman–Crippen LogP) is 1.16. The molecule has 1 fully saturated rings. The topological polar surface area (TPSA) is 39.4 Å². The highest BCUT2D eigenvalue weighted by Crippen LogP contribution is 2.22. The minimum absolute atomic E-state index is 0.0289. The highest BCUT2D eigenvalue weighted by Gasteiger charge is 2.19. The lowest BCUT2D eigenvalue weighted by Crippen LogP contribution is -2.17. The average Bonchev–Trinajstić information content (AvgIpc) is 1.90. The molecular formula is C7H11NO. The predicted molar refractivity (Wildman–Crippen MR) is 33.7 cm³/mol. The number of hydrogen-bond acceptors (Lipinski definition) is 1. The SMILES string of the molecule is [N]C(=O)C1CCCCC1. The van der Waals surface area contributed by atoms with Gasteiger partial charge in [0.15, 0.2) is 0 Å². The van der Waals surface area contributed by atoms with Crippen LogP contribution in [0.4, 0.5) is 0 Å². The van der Waals surface area contributed by atoms with Crippen molar-refractivity contribution in [1.82, 2.24) is 5.73 Å². The van der Waals surface area contributed by atoms with Gasteiger partial charge < -0.3 is 0 Å². The Morgan fingerprint density at radius 1 is 1.22 bits per heavy atom. The molecule has 2 nitrogen and oxygen atoms in total. The minimum atomic E-state index is -0.602. The van der Waals surface area contributed by atoms with Crippen LogP contribution >= 0.6 is 0 Å². The molecule has 1 aliphatic carbocycles. The van der Waals surface area contributed by atoms with Crippen LogP contribution in [0.25, 0.3) is 0 Å². The lowest BCUT2D eigenvalue weighted by atomic mass is 9.89. The van der Waals surface area contributed by atoms with Crippen molar-refractivity contribution in [3.05, 3.63) is 0 Å². The van der Waals surface area contributed by atoms with E-state index >= 15 is 0 Å². The minimum Gasteiger partial charge on any atom is -0.271 e. The zero-order chi connectivity index (χ0) is 6.69. The Hall–Kier alpha value is -0.530. The van der Waals surface area contributed by atoms with Crippen LogP contribution in [0.1, 0.15) is 32.1 Å². The Kier molecular flexibility index (Phi) is 2.09. The van der Waals surface area contributed by atoms with E-state index in [-0.39, 0.29) is 5.92 Å². The number of carbonyl (C=O) groups excluding carboxylic acids is 1. The van der Waals surface area contributed by atoms with Gasteiger partial charge in [-0.2, -0.15) is 0 Å². The molecule has 0 aromatic carbocycles. The largest absolute Gasteiger partial charge is 0.271 e. The van der Waals surface area contributed by atoms with Gasteiger partial charge in [0.05, 0.1) is 0 Å². The molecule has 0 unspecified atom stereocenters. The Labute approximate surface area is 55.4 Å². The molecule has 1 amide bonds. The van der Waals surface area contributed by atoms with Gasteiger partial charge in [0.2, 0.25) is 0 Å². The first-order valence-electron chi connectivity index (χ1n) is 3.53. The summed E-state index contributed by atoms with van der Waals surface area (Å²) in [6.07, 6.45) is 5.24. The molecule has 0 spiro atoms. The molecule has 0 bridgehead atoms. The molecule has 9 heavy (non-hydrogen) atoms. The van der Waals surface area contributed by atoms with E-state index < -0.39 is 5.91 Å². The fourth-order valence-corrected chi connectivity index (χ4v) is 1.35. The maximum absolute atomic E-state index is 10.4. The van der Waals surface area contributed by atoms with Crippen molar-refractivity contribution >= 4 is 5.91 Å². The molecule has 0 saturated heterocycles. The first kappa shape index (κ1) is 6.59. The summed E-state index contributed by atoms with van der Waals surface area (Å²) >= 11 is 0. The molecule has 0 aromatic heterocycles. The number of carbonyl (C=O) groups is 1. The van der Waals surface area contributed by atoms with E-state index in [1.165, 1.54) is 6.42 Å². The summed E-state index contributed by atoms with van der Waals surface area (Å²) in [4.78, 5) is 10.4. The Morgan fingerprint density at radius 2 is 1.78 bits per heavy atom. The molecule has 1 saturated carbocycles. The number of amides is 1. The van der Waals surface area contributed by atoms with E-state index in [2.05, 4.69) is 0 Å². The van der Waals surface area contributed by atoms with Crippen molar-refractivity contribution in [3.63, 3.8) is 0 Å². The van der Waals surface area contributed by atoms with Gasteiger partial charge >= 0.3 is 0 Å². The van der Waals surface area contributed by atoms with Crippen LogP contribution in [0.5, 0.6) is 0 Å². The molecule has 50 valence electrons. The maximum Gasteiger partial charge on any atom is 0.267 e. The van der Waals surface area contributed by atoms with Crippen molar-refractivity contribution in [1.29, 1.82) is 0 Å². The fraction of sp³-hybridized carbons (Fsp3) is 0.857. The monoisotopic (exact) mass is 125 g/mol. The standard InChI is InChI=1S/C7H11NO/c8-7(9)6-4-2-1-3-5-6/h6H,1-5H2. The summed E-state index contributed by atoms with van der Waals surface area (Å²) in [5.41, 5.74) is 8.54. The zero-order valence-corrected chi connectivity index (χ0v) is 5.47. The van der Waals surface area contributed by atoms with Crippen molar-refractivity contribution in [2.45, 2.75) is 32.1 Å². The van der Waals surface area contributed by atoms with Crippen molar-refractivity contribution < 1.29 is 4.79 Å². The third kappa shape index (κ3) is 1.70. The van der Waals surface area contributed by atoms with E-state index in [0.29, 0.717) is 0 Å². The van der Waals surface area contributed by atoms with Crippen LogP contribution in [-0.4, -0.2) is 5.91 Å². The molecule has 0 aromatic rings. The molecule has 0 N–H and O–H groups in total. The average molecular weight is 125 g/mol. The second kappa shape index (κ2) is 2.85. The van der Waals surface area contributed by atoms with Crippen molar-refractivity contribution in [2.24, 2.45) is 5.92 Å². The normalized spacial score (nSPS) is 21.8. The summed E-state index contributed by atoms with van der Waals surface area (Å²) in [5.74, 6) is -0.631. The Balaban J connectivity index is 2.31. The van der Waals surface area contributed by atoms with E-state index in [9.17, 15) is 4.79 Å². The van der Waals surface area contributed by atoms with E-state index in [1.807, 2.05) is 0 Å². The quantitative estimate of drug-likeness (QED) is 0.518. The first-order valence-corrected chi connectivity index (χ1v) is 3.53. The van der Waals surface area contributed by atoms with E-state index in [4.69, 9.17) is 5.73 Å². The highest BCUT2D eigenvalue weighted by atomic mass is 16.1. The highest BCUT2D eigenvalue weighted by molar-refractivity contribution is 5.75. The summed E-state index contributed by atoms with van der Waals surface area (Å²) in [5, 5.41) is 0. The third-order valence-electron chi connectivity index (χ3n) is 1.95. The number of hydrogen-bond donors (Lipinski definition) is 0. The molecule has 0 atom stereocenters. The molecule has 1 rings (SSSR count). The van der Waals surface area contributed by atoms with Gasteiger partial charge in [0.25, 0.3) is 5.91 Å². The summed E-state index contributed by atoms with van der Waals surface area (Å²) in [6, 6.07) is 0. The third-order valence-corrected chi connectivity index (χ3v) is 1.95. The smallest absolute Gasteiger partial charge is 0.267 e. The molecule has 2 heteroatoms. The number of nitrogens with zero attached hydrogens (tertiary/aromatic N) is 1. The van der Waals surface area contributed by atoms with Gasteiger partial charge in [-0.1, -0.05) is 19.3 Å². The van der Waals surface area contributed by atoms with Gasteiger partial charge in [-0.15, -0.1) is 5.73 Å². The van der Waals surface area contributed by atoms with Crippen LogP contribution in [0.2, 0.25) is 0 Å². The van der Waals surface area contributed by atoms with Crippen LogP contribution < -0.4 is 5.73 Å². The second-order valence-corrected chi connectivity index (χ2v) is 2.67. The summed E-state index contributed by atoms with van der Waals surface area (Å²) in [7, 11) is 0. The summed E-state index contributed by atoms with van der Waals surface area (Å²) < 4.78 is 0. The fourth-order valence-electron chi connectivity index (χ4n) is 1.35. The van der Waals surface area contributed by atoms with Crippen LogP contribution in [0, 0.1) is 5.92 Å². The maximum atomic E-state index is 10.4. The second-order valence-electron chi connectivity index (χ2n) is 2.67. The van der Waals surface area contributed by atoms with Crippen LogP contribution in [-0.2, 0) is 4.79 Å². The van der Waals surface area contributed by atoms with Gasteiger partial charge in [0, 0.05) is 5.92 Å². The van der Waals surface area contributed by atoms with Gasteiger partial charge in [-0.05, 0) is 12.8 Å². The van der Waals surface area contributed by atoms with Crippen molar-refractivity contribution in [3.8, 4) is 0 Å². The molecule has 2 radical (unpaired) electrons. The van der Waals surface area contributed by atoms with E-state index in [1.54, 1.807) is 0 Å². The lowest BCUT2D eigenvalue weighted by molar-refractivity contribution is -0.123. The zero-order valence-electron chi connectivity index (χ0n) is 5.47. The van der Waals surface area contributed by atoms with Crippen LogP contribution in [0.3, 0.4) is 0 Å². The molecular weight excluding hydrogens is 114 g/mol. The first-order chi connectivity index (χ1) is 4.30. The lowest BCUT2D eigenvalue weighted by Gasteiger charge is -2.16. The number of rotatable bonds is 1. The van der Waals surface area contributed by atoms with E-state index in [0.717, 1.165) is 25.7 Å². The Bertz CT molecular complexity index is 105. The van der Waals surface area contributed by atoms with Crippen molar-refractivity contribution in [2.75, 3.05) is 0 Å². The van der Waals surface area contributed by atoms with Gasteiger partial charge in [-0.25, -0.2) is 0 Å². The molecule has 1 aliphatic rings. The summed E-state index contributed by atoms with van der Waals surface area (Å²) in [6.45, 7) is 0. The van der Waals surface area contributed by atoms with Gasteiger partial charge in [-0.3, -0.25) is 4.79 Å². The molecule has 0 aliphatic heterocycles.